The second kappa shape index (κ2) is 17.2. The quantitative estimate of drug-likeness (QED) is 0.109. The van der Waals surface area contributed by atoms with Crippen molar-refractivity contribution in [2.24, 2.45) is 0 Å². The van der Waals surface area contributed by atoms with Gasteiger partial charge in [-0.05, 0) is 54.2 Å². The summed E-state index contributed by atoms with van der Waals surface area (Å²) in [5.74, 6) is 0.810. The lowest BCUT2D eigenvalue weighted by molar-refractivity contribution is -0.123. The number of hydrogen-bond donors (Lipinski definition) is 3. The zero-order valence-corrected chi connectivity index (χ0v) is 29.0. The monoisotopic (exact) mass is 656 g/mol. The fourth-order valence-corrected chi connectivity index (χ4v) is 5.93. The Morgan fingerprint density at radius 2 is 1.53 bits per heavy atom. The lowest BCUT2D eigenvalue weighted by atomic mass is 9.95. The molecule has 3 N–H and O–H groups in total. The van der Waals surface area contributed by atoms with E-state index in [1.165, 1.54) is 37.0 Å². The Balaban J connectivity index is 1.38. The van der Waals surface area contributed by atoms with Crippen LogP contribution >= 0.6 is 11.3 Å². The van der Waals surface area contributed by atoms with Crippen LogP contribution in [0, 0.1) is 0 Å². The van der Waals surface area contributed by atoms with Gasteiger partial charge in [0.1, 0.15) is 11.8 Å². The summed E-state index contributed by atoms with van der Waals surface area (Å²) in [4.78, 5) is 37.1. The average Bonchev–Trinajstić information content (AvgIpc) is 3.58. The largest absolute Gasteiger partial charge is 0.494 e. The van der Waals surface area contributed by atoms with Crippen molar-refractivity contribution in [3.05, 3.63) is 88.4 Å². The maximum atomic E-state index is 13.1. The van der Waals surface area contributed by atoms with Gasteiger partial charge in [0.05, 0.1) is 17.6 Å². The molecule has 2 aromatic carbocycles. The van der Waals surface area contributed by atoms with Crippen molar-refractivity contribution in [1.29, 1.82) is 0 Å². The number of ether oxygens (including phenoxy) is 1. The Morgan fingerprint density at radius 1 is 0.872 bits per heavy atom. The second-order valence-corrected chi connectivity index (χ2v) is 14.1. The van der Waals surface area contributed by atoms with Crippen LogP contribution in [0.2, 0.25) is 0 Å². The van der Waals surface area contributed by atoms with E-state index >= 15 is 0 Å². The molecule has 0 aliphatic heterocycles. The van der Waals surface area contributed by atoms with Crippen LogP contribution in [-0.2, 0) is 16.6 Å². The minimum atomic E-state index is -0.814. The van der Waals surface area contributed by atoms with E-state index in [1.807, 2.05) is 67.0 Å². The van der Waals surface area contributed by atoms with Crippen molar-refractivity contribution in [3.63, 3.8) is 0 Å². The van der Waals surface area contributed by atoms with Crippen LogP contribution in [0.1, 0.15) is 86.8 Å². The lowest BCUT2D eigenvalue weighted by Gasteiger charge is -2.19. The third kappa shape index (κ3) is 11.0. The molecule has 8 nitrogen and oxygen atoms in total. The molecule has 2 amide bonds. The van der Waals surface area contributed by atoms with Crippen LogP contribution in [0.3, 0.4) is 0 Å². The molecule has 9 heteroatoms. The minimum absolute atomic E-state index is 0.0727. The van der Waals surface area contributed by atoms with Gasteiger partial charge in [-0.25, -0.2) is 9.97 Å². The Morgan fingerprint density at radius 3 is 2.15 bits per heavy atom. The number of aliphatic hydroxyl groups is 1. The molecular formula is C38H48N4O4S. The molecule has 0 bridgehead atoms. The summed E-state index contributed by atoms with van der Waals surface area (Å²) < 4.78 is 5.89. The summed E-state index contributed by atoms with van der Waals surface area (Å²) in [5.41, 5.74) is 3.57. The molecular weight excluding hydrogens is 609 g/mol. The highest BCUT2D eigenvalue weighted by Crippen LogP contribution is 2.29. The van der Waals surface area contributed by atoms with Crippen LogP contribution in [-0.4, -0.2) is 52.2 Å². The molecule has 0 spiro atoms. The third-order valence-corrected chi connectivity index (χ3v) is 9.28. The summed E-state index contributed by atoms with van der Waals surface area (Å²) in [6.07, 6.45) is 9.27. The highest BCUT2D eigenvalue weighted by atomic mass is 32.1. The highest BCUT2D eigenvalue weighted by Gasteiger charge is 2.24. The topological polar surface area (TPSA) is 113 Å². The molecule has 250 valence electrons. The second-order valence-electron chi connectivity index (χ2n) is 13.0. The third-order valence-electron chi connectivity index (χ3n) is 7.77. The molecule has 1 unspecified atom stereocenters. The molecule has 2 atom stereocenters. The Kier molecular flexibility index (Phi) is 13.1. The van der Waals surface area contributed by atoms with Gasteiger partial charge in [0.25, 0.3) is 5.91 Å². The standard InChI is InChI=1S/C38H48N4O4S/c1-6-7-8-9-10-21-46-31-17-15-28(16-18-31)30-24-39-35(40-25-30)29-13-11-27(12-14-29)22-32(36(44)41-23-26(2)43)42-37(45)33-19-20-34(47-33)38(3,4)5/h11-20,24-26,32,43H,6-10,21-23H2,1-5H3,(H,41,44)(H,42,45)/t26?,32-/m0/s1. The lowest BCUT2D eigenvalue weighted by Crippen LogP contribution is -2.49. The SMILES string of the molecule is CCCCCCCOc1ccc(-c2cnc(-c3ccc(C[C@H](NC(=O)c4ccc(C(C)(C)C)s4)C(=O)NCC(C)O)cc3)nc2)cc1. The van der Waals surface area contributed by atoms with E-state index in [1.54, 1.807) is 13.0 Å². The van der Waals surface area contributed by atoms with Gasteiger partial charge < -0.3 is 20.5 Å². The van der Waals surface area contributed by atoms with Crippen LogP contribution in [0.25, 0.3) is 22.5 Å². The number of carbonyl (C=O) groups is 2. The molecule has 2 heterocycles. The number of aromatic nitrogens is 2. The molecule has 0 saturated heterocycles. The smallest absolute Gasteiger partial charge is 0.262 e. The van der Waals surface area contributed by atoms with Gasteiger partial charge in [-0.15, -0.1) is 11.3 Å². The number of benzene rings is 2. The number of thiophene rings is 1. The molecule has 2 aromatic heterocycles. The van der Waals surface area contributed by atoms with Gasteiger partial charge in [-0.1, -0.05) is 89.8 Å². The van der Waals surface area contributed by atoms with Gasteiger partial charge in [0.2, 0.25) is 5.91 Å². The zero-order chi connectivity index (χ0) is 33.8. The first-order chi connectivity index (χ1) is 22.5. The molecule has 4 rings (SSSR count). The Hall–Kier alpha value is -4.08. The molecule has 0 saturated carbocycles. The predicted molar refractivity (Wildman–Crippen MR) is 190 cm³/mol. The highest BCUT2D eigenvalue weighted by molar-refractivity contribution is 7.14. The Bertz CT molecular complexity index is 1560. The number of nitrogens with zero attached hydrogens (tertiary/aromatic N) is 2. The first-order valence-electron chi connectivity index (χ1n) is 16.5. The number of aliphatic hydroxyl groups excluding tert-OH is 1. The van der Waals surface area contributed by atoms with Gasteiger partial charge in [-0.3, -0.25) is 9.59 Å². The summed E-state index contributed by atoms with van der Waals surface area (Å²) >= 11 is 1.43. The van der Waals surface area contributed by atoms with Gasteiger partial charge in [0.15, 0.2) is 5.82 Å². The summed E-state index contributed by atoms with van der Waals surface area (Å²) in [7, 11) is 0. The molecule has 47 heavy (non-hydrogen) atoms. The van der Waals surface area contributed by atoms with Crippen molar-refractivity contribution in [2.45, 2.75) is 90.7 Å². The molecule has 0 radical (unpaired) electrons. The molecule has 4 aromatic rings. The average molecular weight is 657 g/mol. The summed E-state index contributed by atoms with van der Waals surface area (Å²) in [6, 6.07) is 18.6. The number of carbonyl (C=O) groups excluding carboxylic acids is 2. The van der Waals surface area contributed by atoms with Crippen molar-refractivity contribution in [1.82, 2.24) is 20.6 Å². The van der Waals surface area contributed by atoms with Gasteiger partial charge >= 0.3 is 0 Å². The van der Waals surface area contributed by atoms with E-state index in [-0.39, 0.29) is 30.2 Å². The molecule has 0 fully saturated rings. The number of rotatable bonds is 16. The van der Waals surface area contributed by atoms with Crippen LogP contribution in [0.15, 0.2) is 73.1 Å². The van der Waals surface area contributed by atoms with Crippen molar-refractivity contribution < 1.29 is 19.4 Å². The van der Waals surface area contributed by atoms with Crippen molar-refractivity contribution in [3.8, 4) is 28.3 Å². The summed E-state index contributed by atoms with van der Waals surface area (Å²) in [6.45, 7) is 10.9. The summed E-state index contributed by atoms with van der Waals surface area (Å²) in [5, 5.41) is 15.3. The minimum Gasteiger partial charge on any atom is -0.494 e. The van der Waals surface area contributed by atoms with E-state index in [2.05, 4.69) is 48.3 Å². The van der Waals surface area contributed by atoms with Gasteiger partial charge in [-0.2, -0.15) is 0 Å². The molecule has 0 aliphatic rings. The van der Waals surface area contributed by atoms with E-state index < -0.39 is 12.1 Å². The van der Waals surface area contributed by atoms with Crippen molar-refractivity contribution >= 4 is 23.2 Å². The fourth-order valence-electron chi connectivity index (χ4n) is 4.96. The number of unbranched alkanes of at least 4 members (excludes halogenated alkanes) is 4. The zero-order valence-electron chi connectivity index (χ0n) is 28.2. The maximum absolute atomic E-state index is 13.1. The predicted octanol–water partition coefficient (Wildman–Crippen LogP) is 7.36. The van der Waals surface area contributed by atoms with E-state index in [0.29, 0.717) is 10.7 Å². The maximum Gasteiger partial charge on any atom is 0.262 e. The van der Waals surface area contributed by atoms with E-state index in [4.69, 9.17) is 4.74 Å². The van der Waals surface area contributed by atoms with Crippen molar-refractivity contribution in [2.75, 3.05) is 13.2 Å². The van der Waals surface area contributed by atoms with E-state index in [0.717, 1.165) is 45.9 Å². The van der Waals surface area contributed by atoms with Crippen LogP contribution < -0.4 is 15.4 Å². The first kappa shape index (κ1) is 35.8. The normalized spacial score (nSPS) is 12.7. The number of nitrogens with one attached hydrogen (secondary N) is 2. The number of hydrogen-bond acceptors (Lipinski definition) is 7. The van der Waals surface area contributed by atoms with Gasteiger partial charge in [0, 0.05) is 41.4 Å². The fraction of sp³-hybridized carbons (Fsp3) is 0.421. The molecule has 0 aliphatic carbocycles. The van der Waals surface area contributed by atoms with Crippen LogP contribution in [0.5, 0.6) is 5.75 Å². The number of amides is 2. The first-order valence-corrected chi connectivity index (χ1v) is 17.4. The van der Waals surface area contributed by atoms with E-state index in [9.17, 15) is 14.7 Å². The van der Waals surface area contributed by atoms with Crippen LogP contribution in [0.4, 0.5) is 0 Å². The Labute approximate surface area is 283 Å².